The van der Waals surface area contributed by atoms with Crippen LogP contribution in [0.15, 0.2) is 12.1 Å². The molecule has 1 heterocycles. The minimum absolute atomic E-state index is 1.20. The van der Waals surface area contributed by atoms with E-state index in [1.165, 1.54) is 14.2 Å². The zero-order chi connectivity index (χ0) is 11.0. The Kier molecular flexibility index (Phi) is 3.53. The van der Waals surface area contributed by atoms with E-state index in [0.29, 0.717) is 0 Å². The summed E-state index contributed by atoms with van der Waals surface area (Å²) < 4.78 is 42.1. The van der Waals surface area contributed by atoms with Crippen LogP contribution in [0.4, 0.5) is 0 Å². The zero-order valence-corrected chi connectivity index (χ0v) is 11.0. The molecule has 0 saturated carbocycles. The molecular formula is C2H6Cl2N3O4PS2. The topological polar surface area (TPSA) is 89.7 Å². The number of hydrogen-bond acceptors (Lipinski definition) is 5. The third-order valence-corrected chi connectivity index (χ3v) is 8.88. The van der Waals surface area contributed by atoms with Crippen LogP contribution in [0.25, 0.3) is 0 Å². The first-order chi connectivity index (χ1) is 6.24. The molecule has 0 unspecified atom stereocenters. The van der Waals surface area contributed by atoms with E-state index < -0.39 is 25.9 Å². The molecule has 0 aromatic heterocycles. The zero-order valence-electron chi connectivity index (χ0n) is 6.99. The summed E-state index contributed by atoms with van der Waals surface area (Å²) in [5.74, 6) is 0. The minimum atomic E-state index is -3.55. The molecule has 2 atom stereocenters. The van der Waals surface area contributed by atoms with Crippen LogP contribution in [0.3, 0.4) is 0 Å². The van der Waals surface area contributed by atoms with Gasteiger partial charge in [0, 0.05) is 35.6 Å². The van der Waals surface area contributed by atoms with Gasteiger partial charge in [0.2, 0.25) is 0 Å². The van der Waals surface area contributed by atoms with Gasteiger partial charge in [0.25, 0.3) is 18.3 Å². The Bertz CT molecular complexity index is 504. The Morgan fingerprint density at radius 3 is 2.00 bits per heavy atom. The molecule has 0 aromatic rings. The van der Waals surface area contributed by atoms with Gasteiger partial charge in [0.15, 0.2) is 0 Å². The van der Waals surface area contributed by atoms with Crippen molar-refractivity contribution in [1.29, 1.82) is 0 Å². The molecule has 7 nitrogen and oxygen atoms in total. The van der Waals surface area contributed by atoms with Crippen LogP contribution >= 0.6 is 29.0 Å². The van der Waals surface area contributed by atoms with Crippen LogP contribution in [0.2, 0.25) is 0 Å². The first-order valence-electron chi connectivity index (χ1n) is 2.95. The molecule has 12 heteroatoms. The summed E-state index contributed by atoms with van der Waals surface area (Å²) in [4.78, 5) is 0. The summed E-state index contributed by atoms with van der Waals surface area (Å²) in [5, 5.41) is 0. The second kappa shape index (κ2) is 3.89. The number of nitrogens with zero attached hydrogens (tertiary/aromatic N) is 3. The molecule has 0 saturated heterocycles. The molecule has 0 N–H and O–H groups in total. The Balaban J connectivity index is 3.64. The Labute approximate surface area is 91.0 Å². The standard InChI is InChI=1S/C2H6Cl2N3O4PS2/c1-10-12(11-2)5-13(3,8)7-14(4,9)6-12/h1-2H3/t13-,14+. The molecule has 1 aliphatic heterocycles. The van der Waals surface area contributed by atoms with E-state index in [1.54, 1.807) is 0 Å². The van der Waals surface area contributed by atoms with E-state index in [9.17, 15) is 8.42 Å². The van der Waals surface area contributed by atoms with Crippen molar-refractivity contribution < 1.29 is 17.5 Å². The van der Waals surface area contributed by atoms with E-state index >= 15 is 0 Å². The van der Waals surface area contributed by atoms with Gasteiger partial charge >= 0.3 is 7.66 Å². The quantitative estimate of drug-likeness (QED) is 0.578. The summed E-state index contributed by atoms with van der Waals surface area (Å²) in [6.07, 6.45) is 0. The lowest BCUT2D eigenvalue weighted by molar-refractivity contribution is 0.330. The van der Waals surface area contributed by atoms with Gasteiger partial charge in [-0.25, -0.2) is 8.42 Å². The summed E-state index contributed by atoms with van der Waals surface area (Å²) in [6, 6.07) is 0. The van der Waals surface area contributed by atoms with E-state index in [-0.39, 0.29) is 0 Å². The molecular weight excluding hydrogens is 296 g/mol. The van der Waals surface area contributed by atoms with Crippen molar-refractivity contribution in [3.63, 3.8) is 0 Å². The van der Waals surface area contributed by atoms with Crippen molar-refractivity contribution in [3.8, 4) is 0 Å². The molecule has 0 spiro atoms. The summed E-state index contributed by atoms with van der Waals surface area (Å²) in [7, 11) is 2.72. The van der Waals surface area contributed by atoms with E-state index in [1.807, 2.05) is 0 Å². The minimum Gasteiger partial charge on any atom is -0.309 e. The molecule has 84 valence electrons. The van der Waals surface area contributed by atoms with Gasteiger partial charge in [-0.2, -0.15) is 0 Å². The highest BCUT2D eigenvalue weighted by molar-refractivity contribution is 8.27. The van der Waals surface area contributed by atoms with Gasteiger partial charge in [-0.15, -0.1) is 8.28 Å². The number of rotatable bonds is 2. The predicted molar refractivity (Wildman–Crippen MR) is 56.2 cm³/mol. The molecule has 1 rings (SSSR count). The van der Waals surface area contributed by atoms with Crippen LogP contribution in [-0.2, 0) is 27.3 Å². The highest BCUT2D eigenvalue weighted by Gasteiger charge is 2.30. The van der Waals surface area contributed by atoms with Gasteiger partial charge in [-0.1, -0.05) is 3.77 Å². The van der Waals surface area contributed by atoms with Crippen LogP contribution in [0, 0.1) is 0 Å². The SMILES string of the molecule is COP1(OC)=N[S@](=O)(Cl)=N[S@](=O)(Cl)=N1. The second-order valence-corrected chi connectivity index (χ2v) is 9.71. The van der Waals surface area contributed by atoms with E-state index in [4.69, 9.17) is 30.4 Å². The lowest BCUT2D eigenvalue weighted by Crippen LogP contribution is -1.99. The Morgan fingerprint density at radius 1 is 1.14 bits per heavy atom. The summed E-state index contributed by atoms with van der Waals surface area (Å²) in [6.45, 7) is 0. The molecule has 0 bridgehead atoms. The molecule has 0 amide bonds. The first kappa shape index (κ1) is 12.7. The predicted octanol–water partition coefficient (Wildman–Crippen LogP) is 2.31. The fraction of sp³-hybridized carbons (Fsp3) is 1.00. The Morgan fingerprint density at radius 2 is 1.64 bits per heavy atom. The largest absolute Gasteiger partial charge is 0.361 e. The molecule has 0 aromatic carbocycles. The summed E-state index contributed by atoms with van der Waals surface area (Å²) in [5.41, 5.74) is 0. The lowest BCUT2D eigenvalue weighted by Gasteiger charge is -2.16. The highest BCUT2D eigenvalue weighted by atomic mass is 35.7. The number of halogens is 2. The van der Waals surface area contributed by atoms with Crippen LogP contribution in [0.1, 0.15) is 0 Å². The molecule has 14 heavy (non-hydrogen) atoms. The normalized spacial score (nSPS) is 40.6. The lowest BCUT2D eigenvalue weighted by atomic mass is 11.8. The van der Waals surface area contributed by atoms with Crippen LogP contribution in [-0.4, -0.2) is 22.6 Å². The van der Waals surface area contributed by atoms with Gasteiger partial charge in [0.05, 0.1) is 0 Å². The maximum atomic E-state index is 11.3. The average molecular weight is 302 g/mol. The van der Waals surface area contributed by atoms with Crippen LogP contribution < -0.4 is 0 Å². The highest BCUT2D eigenvalue weighted by Crippen LogP contribution is 2.57. The third-order valence-electron chi connectivity index (χ3n) is 1.07. The van der Waals surface area contributed by atoms with Crippen molar-refractivity contribution >= 4 is 47.3 Å². The second-order valence-electron chi connectivity index (χ2n) is 1.96. The van der Waals surface area contributed by atoms with Crippen molar-refractivity contribution in [2.75, 3.05) is 14.2 Å². The monoisotopic (exact) mass is 301 g/mol. The van der Waals surface area contributed by atoms with Crippen LogP contribution in [0.5, 0.6) is 0 Å². The van der Waals surface area contributed by atoms with Gasteiger partial charge in [0.1, 0.15) is 0 Å². The maximum Gasteiger partial charge on any atom is 0.361 e. The van der Waals surface area contributed by atoms with E-state index in [0.717, 1.165) is 0 Å². The van der Waals surface area contributed by atoms with Crippen molar-refractivity contribution in [2.24, 2.45) is 12.1 Å². The third kappa shape index (κ3) is 2.82. The molecule has 0 aliphatic carbocycles. The fourth-order valence-corrected chi connectivity index (χ4v) is 8.98. The molecule has 0 fully saturated rings. The van der Waals surface area contributed by atoms with Gasteiger partial charge in [-0.3, -0.25) is 0 Å². The van der Waals surface area contributed by atoms with Gasteiger partial charge in [-0.05, 0) is 0 Å². The number of hydrogen-bond donors (Lipinski definition) is 0. The average Bonchev–Trinajstić information content (AvgIpc) is 1.98. The van der Waals surface area contributed by atoms with E-state index in [2.05, 4.69) is 12.1 Å². The Hall–Kier alpha value is 0.630. The van der Waals surface area contributed by atoms with Gasteiger partial charge < -0.3 is 9.05 Å². The van der Waals surface area contributed by atoms with Crippen molar-refractivity contribution in [3.05, 3.63) is 0 Å². The maximum absolute atomic E-state index is 11.3. The summed E-state index contributed by atoms with van der Waals surface area (Å²) >= 11 is 0. The van der Waals surface area contributed by atoms with Crippen molar-refractivity contribution in [1.82, 2.24) is 0 Å². The fourth-order valence-electron chi connectivity index (χ4n) is 0.621. The smallest absolute Gasteiger partial charge is 0.309 e. The molecule has 1 aliphatic rings. The molecule has 0 radical (unpaired) electrons. The van der Waals surface area contributed by atoms with Crippen molar-refractivity contribution in [2.45, 2.75) is 0 Å². The first-order valence-corrected chi connectivity index (χ1v) is 9.08.